The number of nitrogens with zero attached hydrogens (tertiary/aromatic N) is 4. The van der Waals surface area contributed by atoms with Gasteiger partial charge in [0.15, 0.2) is 4.34 Å². The molecule has 0 radical (unpaired) electrons. The molecule has 34 heavy (non-hydrogen) atoms. The Morgan fingerprint density at radius 3 is 2.65 bits per heavy atom. The van der Waals surface area contributed by atoms with E-state index in [-0.39, 0.29) is 24.1 Å². The van der Waals surface area contributed by atoms with Crippen LogP contribution in [0, 0.1) is 11.3 Å². The standard InChI is InChI=1S/C25H24N4O2S3/c1-32-24-27-25(34-28-24)33-15-16-5-7-18(8-6-16)23(30)29-19-9-10-20(29)13-22(12-19)31-21-4-2-3-17(11-21)14-26/h2-8,11,19-20,22H,9-10,12-13,15H2,1H3/t19-,20-/m0/s1. The van der Waals surface area contributed by atoms with E-state index in [2.05, 4.69) is 20.3 Å². The van der Waals surface area contributed by atoms with Crippen molar-refractivity contribution in [2.24, 2.45) is 0 Å². The minimum Gasteiger partial charge on any atom is -0.490 e. The SMILES string of the molecule is CSc1nsc(SCc2ccc(C(=O)N3[C@H]4CC[C@H]3CC(Oc3cccc(C#N)c3)C4)cc2)n1. The van der Waals surface area contributed by atoms with E-state index in [4.69, 9.17) is 10.00 Å². The minimum absolute atomic E-state index is 0.0712. The number of fused-ring (bicyclic) bond motifs is 2. The van der Waals surface area contributed by atoms with Crippen molar-refractivity contribution in [3.8, 4) is 11.8 Å². The zero-order valence-electron chi connectivity index (χ0n) is 18.7. The molecule has 0 aliphatic carbocycles. The molecule has 1 amide bonds. The number of benzene rings is 2. The van der Waals surface area contributed by atoms with Crippen LogP contribution in [-0.4, -0.2) is 44.6 Å². The third kappa shape index (κ3) is 5.09. The molecule has 1 aromatic heterocycles. The molecule has 0 saturated carbocycles. The maximum atomic E-state index is 13.4. The van der Waals surface area contributed by atoms with E-state index in [0.29, 0.717) is 5.56 Å². The number of aromatic nitrogens is 2. The number of nitriles is 1. The van der Waals surface area contributed by atoms with Gasteiger partial charge in [-0.25, -0.2) is 4.98 Å². The van der Waals surface area contributed by atoms with E-state index in [1.807, 2.05) is 42.7 Å². The molecule has 0 unspecified atom stereocenters. The van der Waals surface area contributed by atoms with Crippen molar-refractivity contribution in [1.29, 1.82) is 5.26 Å². The molecule has 3 heterocycles. The molecule has 2 saturated heterocycles. The topological polar surface area (TPSA) is 79.1 Å². The van der Waals surface area contributed by atoms with Gasteiger partial charge in [0.25, 0.3) is 5.91 Å². The predicted octanol–water partition coefficient (Wildman–Crippen LogP) is 5.64. The van der Waals surface area contributed by atoms with Gasteiger partial charge in [-0.15, -0.1) is 0 Å². The van der Waals surface area contributed by atoms with Gasteiger partial charge in [-0.2, -0.15) is 9.64 Å². The fourth-order valence-corrected chi connectivity index (χ4v) is 6.93. The van der Waals surface area contributed by atoms with Crippen LogP contribution in [0.25, 0.3) is 0 Å². The Kier molecular flexibility index (Phi) is 7.09. The van der Waals surface area contributed by atoms with Crippen LogP contribution in [0.4, 0.5) is 0 Å². The number of carbonyl (C=O) groups is 1. The maximum absolute atomic E-state index is 13.4. The van der Waals surface area contributed by atoms with Gasteiger partial charge in [-0.1, -0.05) is 41.7 Å². The third-order valence-electron chi connectivity index (χ3n) is 6.32. The van der Waals surface area contributed by atoms with Gasteiger partial charge in [0.05, 0.1) is 11.6 Å². The number of rotatable bonds is 7. The summed E-state index contributed by atoms with van der Waals surface area (Å²) in [5.74, 6) is 1.65. The fourth-order valence-electron chi connectivity index (χ4n) is 4.76. The van der Waals surface area contributed by atoms with Gasteiger partial charge in [-0.05, 0) is 66.5 Å². The summed E-state index contributed by atoms with van der Waals surface area (Å²) in [5, 5.41) is 9.93. The van der Waals surface area contributed by atoms with Gasteiger partial charge in [0.1, 0.15) is 11.9 Å². The van der Waals surface area contributed by atoms with Crippen LogP contribution in [0.2, 0.25) is 0 Å². The van der Waals surface area contributed by atoms with E-state index in [0.717, 1.165) is 57.8 Å². The predicted molar refractivity (Wildman–Crippen MR) is 135 cm³/mol. The van der Waals surface area contributed by atoms with Crippen LogP contribution in [0.15, 0.2) is 58.0 Å². The smallest absolute Gasteiger partial charge is 0.254 e. The quantitative estimate of drug-likeness (QED) is 0.382. The summed E-state index contributed by atoms with van der Waals surface area (Å²) in [6.07, 6.45) is 5.73. The number of ether oxygens (including phenoxy) is 1. The lowest BCUT2D eigenvalue weighted by atomic mass is 9.98. The number of hydrogen-bond donors (Lipinski definition) is 0. The Labute approximate surface area is 211 Å². The summed E-state index contributed by atoms with van der Waals surface area (Å²) in [7, 11) is 0. The van der Waals surface area contributed by atoms with Gasteiger partial charge in [0.2, 0.25) is 5.16 Å². The van der Waals surface area contributed by atoms with E-state index in [1.165, 1.54) is 11.5 Å². The average molecular weight is 509 g/mol. The highest BCUT2D eigenvalue weighted by molar-refractivity contribution is 8.00. The second-order valence-electron chi connectivity index (χ2n) is 8.48. The second-order valence-corrected chi connectivity index (χ2v) is 11.2. The highest BCUT2D eigenvalue weighted by Gasteiger charge is 2.44. The molecule has 5 rings (SSSR count). The molecular weight excluding hydrogens is 485 g/mol. The van der Waals surface area contributed by atoms with Crippen LogP contribution < -0.4 is 4.74 Å². The molecule has 3 aromatic rings. The number of piperidine rings is 1. The summed E-state index contributed by atoms with van der Waals surface area (Å²) in [6.45, 7) is 0. The number of hydrogen-bond acceptors (Lipinski definition) is 8. The molecule has 0 spiro atoms. The Morgan fingerprint density at radius 1 is 1.21 bits per heavy atom. The first kappa shape index (κ1) is 23.2. The van der Waals surface area contributed by atoms with E-state index in [9.17, 15) is 4.79 Å². The summed E-state index contributed by atoms with van der Waals surface area (Å²) in [6, 6.07) is 17.8. The highest BCUT2D eigenvalue weighted by atomic mass is 32.2. The first-order valence-electron chi connectivity index (χ1n) is 11.2. The van der Waals surface area contributed by atoms with Crippen LogP contribution >= 0.6 is 35.1 Å². The number of carbonyl (C=O) groups excluding carboxylic acids is 1. The van der Waals surface area contributed by atoms with Crippen LogP contribution in [0.5, 0.6) is 5.75 Å². The highest BCUT2D eigenvalue weighted by Crippen LogP contribution is 2.38. The molecule has 2 fully saturated rings. The van der Waals surface area contributed by atoms with Crippen molar-refractivity contribution in [3.05, 3.63) is 65.2 Å². The summed E-state index contributed by atoms with van der Waals surface area (Å²) in [5.41, 5.74) is 2.51. The molecule has 2 bridgehead atoms. The van der Waals surface area contributed by atoms with Crippen molar-refractivity contribution >= 4 is 41.0 Å². The molecule has 9 heteroatoms. The second kappa shape index (κ2) is 10.4. The largest absolute Gasteiger partial charge is 0.490 e. The number of thioether (sulfide) groups is 2. The van der Waals surface area contributed by atoms with Gasteiger partial charge < -0.3 is 9.64 Å². The normalized spacial score (nSPS) is 21.3. The Morgan fingerprint density at radius 2 is 1.97 bits per heavy atom. The van der Waals surface area contributed by atoms with E-state index < -0.39 is 0 Å². The summed E-state index contributed by atoms with van der Waals surface area (Å²) in [4.78, 5) is 19.9. The zero-order valence-corrected chi connectivity index (χ0v) is 21.2. The van der Waals surface area contributed by atoms with E-state index >= 15 is 0 Å². The Bertz CT molecular complexity index is 1190. The van der Waals surface area contributed by atoms with Crippen LogP contribution in [-0.2, 0) is 5.75 Å². The van der Waals surface area contributed by atoms with Crippen LogP contribution in [0.3, 0.4) is 0 Å². The van der Waals surface area contributed by atoms with Crippen molar-refractivity contribution < 1.29 is 9.53 Å². The van der Waals surface area contributed by atoms with E-state index in [1.54, 1.807) is 35.7 Å². The molecule has 6 nitrogen and oxygen atoms in total. The first-order valence-corrected chi connectivity index (χ1v) is 14.2. The number of amides is 1. The molecule has 2 atom stereocenters. The minimum atomic E-state index is 0.0712. The maximum Gasteiger partial charge on any atom is 0.254 e. The molecular formula is C25H24N4O2S3. The van der Waals surface area contributed by atoms with Crippen molar-refractivity contribution in [2.75, 3.05) is 6.26 Å². The lowest BCUT2D eigenvalue weighted by Crippen LogP contribution is -2.49. The fraction of sp³-hybridized carbons (Fsp3) is 0.360. The van der Waals surface area contributed by atoms with Gasteiger partial charge in [0, 0.05) is 36.2 Å². The zero-order chi connectivity index (χ0) is 23.5. The van der Waals surface area contributed by atoms with Crippen molar-refractivity contribution in [2.45, 2.75) is 59.1 Å². The van der Waals surface area contributed by atoms with Gasteiger partial charge in [-0.3, -0.25) is 4.79 Å². The molecule has 2 aromatic carbocycles. The monoisotopic (exact) mass is 508 g/mol. The third-order valence-corrected chi connectivity index (χ3v) is 8.89. The molecule has 0 N–H and O–H groups in total. The summed E-state index contributed by atoms with van der Waals surface area (Å²) >= 11 is 4.65. The molecule has 174 valence electrons. The average Bonchev–Trinajstić information content (AvgIpc) is 3.44. The van der Waals surface area contributed by atoms with Gasteiger partial charge >= 0.3 is 0 Å². The molecule has 2 aliphatic rings. The lowest BCUT2D eigenvalue weighted by molar-refractivity contribution is 0.0359. The first-order chi connectivity index (χ1) is 16.6. The Hall–Kier alpha value is -2.54. The Balaban J connectivity index is 1.19. The van der Waals surface area contributed by atoms with Crippen LogP contribution in [0.1, 0.15) is 47.2 Å². The van der Waals surface area contributed by atoms with Crippen molar-refractivity contribution in [3.63, 3.8) is 0 Å². The lowest BCUT2D eigenvalue weighted by Gasteiger charge is -2.39. The van der Waals surface area contributed by atoms with Crippen molar-refractivity contribution in [1.82, 2.24) is 14.3 Å². The summed E-state index contributed by atoms with van der Waals surface area (Å²) < 4.78 is 11.5. The molecule has 2 aliphatic heterocycles.